The van der Waals surface area contributed by atoms with Crippen LogP contribution in [0.5, 0.6) is 11.6 Å². The van der Waals surface area contributed by atoms with Gasteiger partial charge in [0.05, 0.1) is 23.4 Å². The van der Waals surface area contributed by atoms with Crippen molar-refractivity contribution in [3.63, 3.8) is 0 Å². The third-order valence-electron chi connectivity index (χ3n) is 6.42. The Morgan fingerprint density at radius 2 is 1.58 bits per heavy atom. The fourth-order valence-corrected chi connectivity index (χ4v) is 4.46. The number of nitrogens with zero attached hydrogens (tertiary/aromatic N) is 4. The van der Waals surface area contributed by atoms with Crippen LogP contribution in [0.4, 0.5) is 23.5 Å². The molecule has 0 atom stereocenters. The highest BCUT2D eigenvalue weighted by Crippen LogP contribution is 2.33. The molecule has 0 aliphatic carbocycles. The Bertz CT molecular complexity index is 1240. The van der Waals surface area contributed by atoms with Crippen LogP contribution in [0.2, 0.25) is 0 Å². The van der Waals surface area contributed by atoms with Crippen molar-refractivity contribution in [2.45, 2.75) is 38.4 Å². The van der Waals surface area contributed by atoms with Crippen molar-refractivity contribution in [3.8, 4) is 11.6 Å². The lowest BCUT2D eigenvalue weighted by Crippen LogP contribution is -2.37. The molecule has 3 heterocycles. The number of carbonyl (C=O) groups excluding carboxylic acids is 1. The molecule has 2 aliphatic heterocycles. The second-order valence-electron chi connectivity index (χ2n) is 8.91. The highest BCUT2D eigenvalue weighted by molar-refractivity contribution is 5.94. The van der Waals surface area contributed by atoms with E-state index in [4.69, 9.17) is 9.72 Å². The van der Waals surface area contributed by atoms with Gasteiger partial charge in [0, 0.05) is 31.6 Å². The molecule has 0 N–H and O–H groups in total. The molecule has 0 spiro atoms. The van der Waals surface area contributed by atoms with Gasteiger partial charge in [-0.05, 0) is 67.8 Å². The predicted molar refractivity (Wildman–Crippen MR) is 124 cm³/mol. The van der Waals surface area contributed by atoms with Crippen LogP contribution in [-0.4, -0.2) is 40.4 Å². The molecule has 1 fully saturated rings. The minimum absolute atomic E-state index is 0.145. The number of ether oxygens (including phenoxy) is 1. The van der Waals surface area contributed by atoms with Gasteiger partial charge in [-0.25, -0.2) is 9.37 Å². The molecule has 2 aliphatic rings. The van der Waals surface area contributed by atoms with Gasteiger partial charge in [-0.3, -0.25) is 4.79 Å². The maximum absolute atomic E-state index is 13.4. The normalized spacial score (nSPS) is 16.0. The van der Waals surface area contributed by atoms with Crippen LogP contribution in [0.15, 0.2) is 48.5 Å². The van der Waals surface area contributed by atoms with E-state index in [1.54, 1.807) is 4.90 Å². The summed E-state index contributed by atoms with van der Waals surface area (Å²) in [5.41, 5.74) is 0.751. The molecule has 0 radical (unpaired) electrons. The third kappa shape index (κ3) is 5.12. The van der Waals surface area contributed by atoms with E-state index in [2.05, 4.69) is 9.88 Å². The van der Waals surface area contributed by atoms with E-state index in [1.165, 1.54) is 36.4 Å². The summed E-state index contributed by atoms with van der Waals surface area (Å²) in [5.74, 6) is 0.467. The zero-order valence-corrected chi connectivity index (χ0v) is 19.4. The molecule has 0 saturated carbocycles. The molecule has 6 nitrogen and oxygen atoms in total. The van der Waals surface area contributed by atoms with Crippen molar-refractivity contribution in [1.82, 2.24) is 14.9 Å². The van der Waals surface area contributed by atoms with E-state index in [0.717, 1.165) is 50.2 Å². The minimum atomic E-state index is -4.47. The van der Waals surface area contributed by atoms with E-state index >= 15 is 0 Å². The Labute approximate surface area is 205 Å². The Kier molecular flexibility index (Phi) is 6.51. The maximum atomic E-state index is 13.4. The number of fused-ring (bicyclic) bond motifs is 1. The summed E-state index contributed by atoms with van der Waals surface area (Å²) in [7, 11) is 0. The second kappa shape index (κ2) is 9.75. The molecule has 0 unspecified atom stereocenters. The summed E-state index contributed by atoms with van der Waals surface area (Å²) in [5, 5.41) is 0. The van der Waals surface area contributed by atoms with Crippen molar-refractivity contribution < 1.29 is 27.1 Å². The highest BCUT2D eigenvalue weighted by atomic mass is 19.4. The molecular formula is C26H24F4N4O2. The molecule has 10 heteroatoms. The predicted octanol–water partition coefficient (Wildman–Crippen LogP) is 5.62. The summed E-state index contributed by atoms with van der Waals surface area (Å²) >= 11 is 0. The number of hydrogen-bond acceptors (Lipinski definition) is 5. The molecular weight excluding hydrogens is 476 g/mol. The second-order valence-corrected chi connectivity index (χ2v) is 8.91. The van der Waals surface area contributed by atoms with E-state index in [-0.39, 0.29) is 23.9 Å². The number of anilines is 1. The highest BCUT2D eigenvalue weighted by Gasteiger charge is 2.32. The first-order valence-corrected chi connectivity index (χ1v) is 11.8. The van der Waals surface area contributed by atoms with Crippen LogP contribution >= 0.6 is 0 Å². The fourth-order valence-electron chi connectivity index (χ4n) is 4.46. The molecule has 2 aromatic carbocycles. The molecule has 5 rings (SSSR count). The Morgan fingerprint density at radius 1 is 0.889 bits per heavy atom. The average molecular weight is 500 g/mol. The van der Waals surface area contributed by atoms with Crippen LogP contribution in [0.25, 0.3) is 0 Å². The maximum Gasteiger partial charge on any atom is 0.416 e. The molecule has 1 saturated heterocycles. The molecule has 3 aromatic rings. The summed E-state index contributed by atoms with van der Waals surface area (Å²) in [6.07, 6.45) is -0.776. The minimum Gasteiger partial charge on any atom is -0.438 e. The lowest BCUT2D eigenvalue weighted by molar-refractivity contribution is -0.137. The number of benzene rings is 2. The molecule has 0 bridgehead atoms. The standard InChI is InChI=1S/C26H24F4N4O2/c27-19-8-10-20(11-9-19)36-23-21-16-34(24(35)17-4-6-18(7-5-17)26(28,29)30)15-12-22(21)31-25(32-23)33-13-2-1-3-14-33/h4-11H,1-3,12-16H2. The zero-order chi connectivity index (χ0) is 25.3. The van der Waals surface area contributed by atoms with Crippen LogP contribution in [0.1, 0.15) is 46.4 Å². The van der Waals surface area contributed by atoms with Gasteiger partial charge in [-0.1, -0.05) is 0 Å². The smallest absolute Gasteiger partial charge is 0.416 e. The largest absolute Gasteiger partial charge is 0.438 e. The Morgan fingerprint density at radius 3 is 2.25 bits per heavy atom. The van der Waals surface area contributed by atoms with Gasteiger partial charge in [0.1, 0.15) is 11.6 Å². The van der Waals surface area contributed by atoms with Gasteiger partial charge >= 0.3 is 6.18 Å². The SMILES string of the molecule is O=C(c1ccc(C(F)(F)F)cc1)N1CCc2nc(N3CCCCC3)nc(Oc3ccc(F)cc3)c2C1. The molecule has 36 heavy (non-hydrogen) atoms. The van der Waals surface area contributed by atoms with Gasteiger partial charge in [-0.15, -0.1) is 0 Å². The van der Waals surface area contributed by atoms with Gasteiger partial charge < -0.3 is 14.5 Å². The van der Waals surface area contributed by atoms with E-state index in [9.17, 15) is 22.4 Å². The molecule has 1 amide bonds. The Hall–Kier alpha value is -3.69. The van der Waals surface area contributed by atoms with Crippen molar-refractivity contribution in [1.29, 1.82) is 0 Å². The van der Waals surface area contributed by atoms with Crippen LogP contribution < -0.4 is 9.64 Å². The number of amides is 1. The summed E-state index contributed by atoms with van der Waals surface area (Å²) in [4.78, 5) is 26.2. The van der Waals surface area contributed by atoms with Crippen LogP contribution in [0, 0.1) is 5.82 Å². The number of hydrogen-bond donors (Lipinski definition) is 0. The lowest BCUT2D eigenvalue weighted by atomic mass is 10.0. The third-order valence-corrected chi connectivity index (χ3v) is 6.42. The van der Waals surface area contributed by atoms with Gasteiger partial charge in [-0.2, -0.15) is 18.2 Å². The fraction of sp³-hybridized carbons (Fsp3) is 0.346. The number of aromatic nitrogens is 2. The molecule has 188 valence electrons. The van der Waals surface area contributed by atoms with Crippen LogP contribution in [0.3, 0.4) is 0 Å². The van der Waals surface area contributed by atoms with Gasteiger partial charge in [0.15, 0.2) is 0 Å². The number of rotatable bonds is 4. The average Bonchev–Trinajstić information content (AvgIpc) is 2.89. The Balaban J connectivity index is 1.44. The first kappa shape index (κ1) is 24.0. The number of alkyl halides is 3. The number of piperidine rings is 1. The number of carbonyl (C=O) groups is 1. The summed E-state index contributed by atoms with van der Waals surface area (Å²) in [6, 6.07) is 9.75. The van der Waals surface area contributed by atoms with Gasteiger partial charge in [0.25, 0.3) is 5.91 Å². The quantitative estimate of drug-likeness (QED) is 0.436. The summed E-state index contributed by atoms with van der Waals surface area (Å²) in [6.45, 7) is 2.19. The van der Waals surface area contributed by atoms with Crippen molar-refractivity contribution in [2.75, 3.05) is 24.5 Å². The first-order valence-electron chi connectivity index (χ1n) is 11.8. The number of halogens is 4. The van der Waals surface area contributed by atoms with E-state index in [1.807, 2.05) is 0 Å². The van der Waals surface area contributed by atoms with Crippen molar-refractivity contribution in [2.24, 2.45) is 0 Å². The molecule has 1 aromatic heterocycles. The zero-order valence-electron chi connectivity index (χ0n) is 19.4. The van der Waals surface area contributed by atoms with E-state index < -0.39 is 17.6 Å². The first-order chi connectivity index (χ1) is 17.3. The van der Waals surface area contributed by atoms with Crippen molar-refractivity contribution in [3.05, 3.63) is 76.7 Å². The van der Waals surface area contributed by atoms with Crippen molar-refractivity contribution >= 4 is 11.9 Å². The van der Waals surface area contributed by atoms with Gasteiger partial charge in [0.2, 0.25) is 11.8 Å². The van der Waals surface area contributed by atoms with Crippen LogP contribution in [-0.2, 0) is 19.1 Å². The monoisotopic (exact) mass is 500 g/mol. The lowest BCUT2D eigenvalue weighted by Gasteiger charge is -2.32. The summed E-state index contributed by atoms with van der Waals surface area (Å²) < 4.78 is 58.2. The topological polar surface area (TPSA) is 58.6 Å². The van der Waals surface area contributed by atoms with E-state index in [0.29, 0.717) is 30.2 Å².